The van der Waals surface area contributed by atoms with Crippen LogP contribution < -0.4 is 4.74 Å². The largest absolute Gasteiger partial charge is 0.497 e. The maximum absolute atomic E-state index is 13.7. The van der Waals surface area contributed by atoms with E-state index < -0.39 is 0 Å². The summed E-state index contributed by atoms with van der Waals surface area (Å²) in [5.41, 5.74) is 1.60. The van der Waals surface area contributed by atoms with Gasteiger partial charge in [0.15, 0.2) is 0 Å². The van der Waals surface area contributed by atoms with E-state index in [9.17, 15) is 14.0 Å². The molecule has 0 spiro atoms. The fraction of sp³-hybridized carbons (Fsp3) is 0.462. The molecule has 0 N–H and O–H groups in total. The van der Waals surface area contributed by atoms with Crippen LogP contribution >= 0.6 is 0 Å². The van der Waals surface area contributed by atoms with Gasteiger partial charge < -0.3 is 14.5 Å². The number of halogens is 1. The standard InChI is InChI=1S/C26H31FN2O3/c1-32-23-14-10-19(11-15-23)24-7-3-2-4-17-29(24)26(31)21-6-5-16-28(18-21)25(30)20-8-12-22(27)13-9-20/h8-15,21,24H,2-7,16-18H2,1H3/t21-,24-/m1/s1. The highest BCUT2D eigenvalue weighted by Gasteiger charge is 2.35. The van der Waals surface area contributed by atoms with Crippen molar-refractivity contribution in [2.24, 2.45) is 5.92 Å². The Hall–Kier alpha value is -2.89. The molecule has 0 aliphatic carbocycles. The van der Waals surface area contributed by atoms with Crippen molar-refractivity contribution in [3.63, 3.8) is 0 Å². The molecule has 0 aromatic heterocycles. The van der Waals surface area contributed by atoms with Crippen LogP contribution in [0, 0.1) is 11.7 Å². The predicted octanol–water partition coefficient (Wildman–Crippen LogP) is 4.83. The summed E-state index contributed by atoms with van der Waals surface area (Å²) in [6.45, 7) is 1.79. The quantitative estimate of drug-likeness (QED) is 0.687. The second-order valence-electron chi connectivity index (χ2n) is 8.77. The zero-order valence-electron chi connectivity index (χ0n) is 18.6. The third kappa shape index (κ3) is 4.95. The van der Waals surface area contributed by atoms with Crippen LogP contribution in [0.3, 0.4) is 0 Å². The summed E-state index contributed by atoms with van der Waals surface area (Å²) in [7, 11) is 1.65. The molecule has 2 fully saturated rings. The topological polar surface area (TPSA) is 49.9 Å². The summed E-state index contributed by atoms with van der Waals surface area (Å²) in [6, 6.07) is 13.7. The second kappa shape index (κ2) is 10.2. The predicted molar refractivity (Wildman–Crippen MR) is 121 cm³/mol. The Balaban J connectivity index is 1.50. The number of methoxy groups -OCH3 is 1. The Bertz CT molecular complexity index is 929. The van der Waals surface area contributed by atoms with Crippen LogP contribution in [0.25, 0.3) is 0 Å². The molecule has 0 bridgehead atoms. The van der Waals surface area contributed by atoms with E-state index in [1.807, 2.05) is 17.0 Å². The monoisotopic (exact) mass is 438 g/mol. The number of hydrogen-bond donors (Lipinski definition) is 0. The lowest BCUT2D eigenvalue weighted by molar-refractivity contribution is -0.139. The highest BCUT2D eigenvalue weighted by atomic mass is 19.1. The fourth-order valence-corrected chi connectivity index (χ4v) is 4.92. The fourth-order valence-electron chi connectivity index (χ4n) is 4.92. The molecule has 0 unspecified atom stereocenters. The summed E-state index contributed by atoms with van der Waals surface area (Å²) in [6.07, 6.45) is 5.76. The lowest BCUT2D eigenvalue weighted by Gasteiger charge is -2.38. The van der Waals surface area contributed by atoms with Crippen molar-refractivity contribution in [2.75, 3.05) is 26.7 Å². The molecule has 170 valence electrons. The summed E-state index contributed by atoms with van der Waals surface area (Å²) >= 11 is 0. The minimum Gasteiger partial charge on any atom is -0.497 e. The van der Waals surface area contributed by atoms with E-state index in [1.54, 1.807) is 12.0 Å². The summed E-state index contributed by atoms with van der Waals surface area (Å²) in [4.78, 5) is 30.4. The molecular formula is C26H31FN2O3. The van der Waals surface area contributed by atoms with E-state index in [4.69, 9.17) is 4.74 Å². The van der Waals surface area contributed by atoms with Gasteiger partial charge >= 0.3 is 0 Å². The smallest absolute Gasteiger partial charge is 0.253 e. The molecule has 0 radical (unpaired) electrons. The van der Waals surface area contributed by atoms with Crippen molar-refractivity contribution < 1.29 is 18.7 Å². The van der Waals surface area contributed by atoms with Gasteiger partial charge in [-0.05, 0) is 67.6 Å². The molecule has 2 atom stereocenters. The van der Waals surface area contributed by atoms with Gasteiger partial charge in [-0.25, -0.2) is 4.39 Å². The number of ether oxygens (including phenoxy) is 1. The molecule has 2 amide bonds. The van der Waals surface area contributed by atoms with Gasteiger partial charge in [-0.15, -0.1) is 0 Å². The minimum atomic E-state index is -0.362. The highest BCUT2D eigenvalue weighted by Crippen LogP contribution is 2.33. The molecule has 6 heteroatoms. The van der Waals surface area contributed by atoms with Gasteiger partial charge in [-0.1, -0.05) is 25.0 Å². The van der Waals surface area contributed by atoms with Crippen LogP contribution in [0.5, 0.6) is 5.75 Å². The highest BCUT2D eigenvalue weighted by molar-refractivity contribution is 5.94. The lowest BCUT2D eigenvalue weighted by atomic mass is 9.93. The Kier molecular flexibility index (Phi) is 7.08. The first-order valence-corrected chi connectivity index (χ1v) is 11.6. The van der Waals surface area contributed by atoms with E-state index in [-0.39, 0.29) is 29.6 Å². The summed E-state index contributed by atoms with van der Waals surface area (Å²) in [5.74, 6) is 0.253. The molecule has 2 aliphatic heterocycles. The average molecular weight is 439 g/mol. The second-order valence-corrected chi connectivity index (χ2v) is 8.77. The van der Waals surface area contributed by atoms with Crippen LogP contribution in [0.2, 0.25) is 0 Å². The van der Waals surface area contributed by atoms with Crippen molar-refractivity contribution in [3.05, 3.63) is 65.5 Å². The molecule has 2 saturated heterocycles. The molecule has 0 saturated carbocycles. The van der Waals surface area contributed by atoms with Crippen LogP contribution in [0.15, 0.2) is 48.5 Å². The van der Waals surface area contributed by atoms with E-state index in [0.717, 1.165) is 56.4 Å². The first-order valence-electron chi connectivity index (χ1n) is 11.6. The van der Waals surface area contributed by atoms with Crippen molar-refractivity contribution >= 4 is 11.8 Å². The number of amides is 2. The number of carbonyl (C=O) groups excluding carboxylic acids is 2. The number of likely N-dealkylation sites (tertiary alicyclic amines) is 2. The van der Waals surface area contributed by atoms with Gasteiger partial charge in [0.05, 0.1) is 19.1 Å². The number of rotatable bonds is 4. The van der Waals surface area contributed by atoms with Crippen LogP contribution in [0.4, 0.5) is 4.39 Å². The van der Waals surface area contributed by atoms with Crippen molar-refractivity contribution in [1.82, 2.24) is 9.80 Å². The van der Waals surface area contributed by atoms with Crippen LogP contribution in [-0.4, -0.2) is 48.4 Å². The van der Waals surface area contributed by atoms with E-state index in [1.165, 1.54) is 24.3 Å². The van der Waals surface area contributed by atoms with Gasteiger partial charge in [0.1, 0.15) is 11.6 Å². The molecule has 2 aromatic rings. The minimum absolute atomic E-state index is 0.0547. The van der Waals surface area contributed by atoms with Gasteiger partial charge in [-0.2, -0.15) is 0 Å². The maximum atomic E-state index is 13.7. The molecule has 2 aromatic carbocycles. The Morgan fingerprint density at radius 3 is 2.38 bits per heavy atom. The van der Waals surface area contributed by atoms with Gasteiger partial charge in [-0.3, -0.25) is 9.59 Å². The maximum Gasteiger partial charge on any atom is 0.253 e. The Morgan fingerprint density at radius 1 is 0.906 bits per heavy atom. The first-order chi connectivity index (χ1) is 15.6. The lowest BCUT2D eigenvalue weighted by Crippen LogP contribution is -2.47. The number of benzene rings is 2. The molecule has 5 nitrogen and oxygen atoms in total. The molecule has 2 aliphatic rings. The SMILES string of the molecule is COc1ccc([C@H]2CCCCCN2C(=O)[C@@H]2CCCN(C(=O)c3ccc(F)cc3)C2)cc1. The van der Waals surface area contributed by atoms with E-state index in [2.05, 4.69) is 12.1 Å². The average Bonchev–Trinajstić information content (AvgIpc) is 3.10. The third-order valence-electron chi connectivity index (χ3n) is 6.69. The van der Waals surface area contributed by atoms with Gasteiger partial charge in [0, 0.05) is 25.2 Å². The molecule has 4 rings (SSSR count). The number of carbonyl (C=O) groups is 2. The van der Waals surface area contributed by atoms with Gasteiger partial charge in [0.25, 0.3) is 5.91 Å². The van der Waals surface area contributed by atoms with Crippen molar-refractivity contribution in [3.8, 4) is 5.75 Å². The van der Waals surface area contributed by atoms with E-state index >= 15 is 0 Å². The molecule has 32 heavy (non-hydrogen) atoms. The Labute approximate surface area is 189 Å². The van der Waals surface area contributed by atoms with Crippen LogP contribution in [0.1, 0.15) is 60.5 Å². The van der Waals surface area contributed by atoms with E-state index in [0.29, 0.717) is 18.7 Å². The summed E-state index contributed by atoms with van der Waals surface area (Å²) in [5, 5.41) is 0. The van der Waals surface area contributed by atoms with Gasteiger partial charge in [0.2, 0.25) is 5.91 Å². The molecule has 2 heterocycles. The number of hydrogen-bond acceptors (Lipinski definition) is 3. The molecular weight excluding hydrogens is 407 g/mol. The zero-order valence-corrected chi connectivity index (χ0v) is 18.6. The van der Waals surface area contributed by atoms with Crippen molar-refractivity contribution in [1.29, 1.82) is 0 Å². The normalized spacial score (nSPS) is 21.7. The number of nitrogens with zero attached hydrogens (tertiary/aromatic N) is 2. The Morgan fingerprint density at radius 2 is 1.66 bits per heavy atom. The third-order valence-corrected chi connectivity index (χ3v) is 6.69. The first kappa shape index (κ1) is 22.3. The number of piperidine rings is 1. The van der Waals surface area contributed by atoms with Crippen molar-refractivity contribution in [2.45, 2.75) is 44.6 Å². The summed E-state index contributed by atoms with van der Waals surface area (Å²) < 4.78 is 18.5. The zero-order chi connectivity index (χ0) is 22.5. The van der Waals surface area contributed by atoms with Crippen LogP contribution in [-0.2, 0) is 4.79 Å².